The van der Waals surface area contributed by atoms with Gasteiger partial charge in [-0.25, -0.2) is 0 Å². The maximum atomic E-state index is 9.33. The number of allylic oxidation sites excluding steroid dienone is 1. The van der Waals surface area contributed by atoms with E-state index in [0.717, 1.165) is 11.3 Å². The summed E-state index contributed by atoms with van der Waals surface area (Å²) < 4.78 is 10.0. The van der Waals surface area contributed by atoms with Gasteiger partial charge in [-0.15, -0.1) is 0 Å². The van der Waals surface area contributed by atoms with Gasteiger partial charge < -0.3 is 9.18 Å². The number of nitriles is 1. The lowest BCUT2D eigenvalue weighted by atomic mass is 10.0. The zero-order valence-corrected chi connectivity index (χ0v) is 10.7. The molecule has 1 aromatic heterocycles. The molecule has 0 unspecified atom stereocenters. The number of benzene rings is 1. The van der Waals surface area contributed by atoms with E-state index in [9.17, 15) is 5.26 Å². The second kappa shape index (κ2) is 5.45. The van der Waals surface area contributed by atoms with Crippen LogP contribution in [0, 0.1) is 25.2 Å². The molecule has 0 spiro atoms. The molecule has 0 saturated carbocycles. The van der Waals surface area contributed by atoms with Crippen LogP contribution in [0.2, 0.25) is 0 Å². The second-order valence-corrected chi connectivity index (χ2v) is 4.02. The van der Waals surface area contributed by atoms with E-state index in [1.165, 1.54) is 0 Å². The van der Waals surface area contributed by atoms with E-state index in [2.05, 4.69) is 11.2 Å². The minimum absolute atomic E-state index is 0.187. The molecule has 92 valence electrons. The Hall–Kier alpha value is -2.48. The molecule has 1 heterocycles. The monoisotopic (exact) mass is 250 g/mol. The summed E-state index contributed by atoms with van der Waals surface area (Å²) in [4.78, 5) is 0. The van der Waals surface area contributed by atoms with Gasteiger partial charge in [0.05, 0.1) is 5.69 Å². The van der Waals surface area contributed by atoms with Crippen molar-refractivity contribution >= 4 is 19.4 Å². The summed E-state index contributed by atoms with van der Waals surface area (Å²) in [5, 5.41) is 13.2. The third kappa shape index (κ3) is 2.38. The number of nitrogens with zero attached hydrogens (tertiary/aromatic N) is 2. The predicted octanol–water partition coefficient (Wildman–Crippen LogP) is 2.78. The Morgan fingerprint density at radius 3 is 2.47 bits per heavy atom. The molecule has 5 heteroatoms. The Kier molecular flexibility index (Phi) is 3.72. The average molecular weight is 250 g/mol. The molecule has 2 radical (unpaired) electrons. The molecule has 0 aliphatic heterocycles. The Morgan fingerprint density at radius 2 is 2.00 bits per heavy atom. The Morgan fingerprint density at radius 1 is 1.32 bits per heavy atom. The van der Waals surface area contributed by atoms with Gasteiger partial charge in [0.1, 0.15) is 11.6 Å². The number of hydrogen-bond acceptors (Lipinski definition) is 4. The molecule has 1 aromatic carbocycles. The van der Waals surface area contributed by atoms with Crippen LogP contribution in [0.5, 0.6) is 0 Å². The van der Waals surface area contributed by atoms with Gasteiger partial charge in [-0.2, -0.15) is 5.26 Å². The van der Waals surface area contributed by atoms with Gasteiger partial charge in [-0.1, -0.05) is 35.5 Å². The van der Waals surface area contributed by atoms with Crippen LogP contribution in [0.15, 0.2) is 34.9 Å². The van der Waals surface area contributed by atoms with Crippen molar-refractivity contribution in [3.05, 3.63) is 52.9 Å². The molecule has 0 fully saturated rings. The summed E-state index contributed by atoms with van der Waals surface area (Å²) in [6.07, 6.45) is 0. The molecule has 2 aromatic rings. The van der Waals surface area contributed by atoms with E-state index < -0.39 is 0 Å². The number of aryl methyl sites for hydroxylation is 1. The van der Waals surface area contributed by atoms with Gasteiger partial charge >= 0.3 is 8.05 Å². The van der Waals surface area contributed by atoms with Crippen molar-refractivity contribution in [2.24, 2.45) is 0 Å². The fourth-order valence-electron chi connectivity index (χ4n) is 1.70. The van der Waals surface area contributed by atoms with E-state index >= 15 is 0 Å². The summed E-state index contributed by atoms with van der Waals surface area (Å²) >= 11 is 0. The van der Waals surface area contributed by atoms with Gasteiger partial charge in [0.15, 0.2) is 5.76 Å². The van der Waals surface area contributed by atoms with Crippen LogP contribution in [0.1, 0.15) is 22.6 Å². The average Bonchev–Trinajstić information content (AvgIpc) is 2.77. The molecular formula is C14H11BN2O2. The molecule has 19 heavy (non-hydrogen) atoms. The Balaban J connectivity index is 2.64. The first-order valence-electron chi connectivity index (χ1n) is 5.68. The highest BCUT2D eigenvalue weighted by Gasteiger charge is 2.19. The zero-order chi connectivity index (χ0) is 13.8. The Bertz CT molecular complexity index is 654. The minimum atomic E-state index is 0.187. The van der Waals surface area contributed by atoms with Crippen LogP contribution in [-0.2, 0) is 4.65 Å². The van der Waals surface area contributed by atoms with Gasteiger partial charge in [-0.3, -0.25) is 0 Å². The predicted molar refractivity (Wildman–Crippen MR) is 71.7 cm³/mol. The number of aromatic nitrogens is 1. The van der Waals surface area contributed by atoms with E-state index in [-0.39, 0.29) is 5.76 Å². The third-order valence-corrected chi connectivity index (χ3v) is 2.88. The summed E-state index contributed by atoms with van der Waals surface area (Å²) in [6.45, 7) is 3.64. The van der Waals surface area contributed by atoms with Crippen molar-refractivity contribution in [1.82, 2.24) is 5.16 Å². The van der Waals surface area contributed by atoms with Crippen LogP contribution < -0.4 is 0 Å². The SMILES string of the molecule is [B]OC(=C(C#N)c1ccccc1)c1onc(C)c1C. The van der Waals surface area contributed by atoms with Crippen molar-refractivity contribution in [3.8, 4) is 6.07 Å². The number of hydrogen-bond donors (Lipinski definition) is 0. The molecule has 0 amide bonds. The van der Waals surface area contributed by atoms with Crippen LogP contribution in [0.25, 0.3) is 11.3 Å². The summed E-state index contributed by atoms with van der Waals surface area (Å²) in [7, 11) is 5.30. The van der Waals surface area contributed by atoms with Crippen LogP contribution in [-0.4, -0.2) is 13.2 Å². The lowest BCUT2D eigenvalue weighted by Gasteiger charge is -2.08. The smallest absolute Gasteiger partial charge is 0.374 e. The van der Waals surface area contributed by atoms with Gasteiger partial charge in [-0.05, 0) is 19.4 Å². The van der Waals surface area contributed by atoms with Crippen LogP contribution in [0.4, 0.5) is 0 Å². The lowest BCUT2D eigenvalue weighted by molar-refractivity contribution is 0.387. The molecule has 0 bridgehead atoms. The normalized spacial score (nSPS) is 11.6. The molecule has 4 nitrogen and oxygen atoms in total. The maximum Gasteiger partial charge on any atom is 0.374 e. The van der Waals surface area contributed by atoms with E-state index in [1.54, 1.807) is 12.1 Å². The molecule has 0 N–H and O–H groups in total. The van der Waals surface area contributed by atoms with Gasteiger partial charge in [0.25, 0.3) is 0 Å². The van der Waals surface area contributed by atoms with E-state index in [0.29, 0.717) is 16.9 Å². The molecule has 0 aliphatic carbocycles. The summed E-state index contributed by atoms with van der Waals surface area (Å²) in [6, 6.07) is 11.2. The first-order chi connectivity index (χ1) is 9.19. The third-order valence-electron chi connectivity index (χ3n) is 2.88. The quantitative estimate of drug-likeness (QED) is 0.477. The topological polar surface area (TPSA) is 59.0 Å². The molecule has 0 aliphatic rings. The molecule has 0 saturated heterocycles. The van der Waals surface area contributed by atoms with Crippen molar-refractivity contribution in [3.63, 3.8) is 0 Å². The summed E-state index contributed by atoms with van der Waals surface area (Å²) in [5.74, 6) is 0.562. The summed E-state index contributed by atoms with van der Waals surface area (Å²) in [5.41, 5.74) is 2.54. The lowest BCUT2D eigenvalue weighted by Crippen LogP contribution is -1.95. The minimum Gasteiger partial charge on any atom is -0.564 e. The first-order valence-corrected chi connectivity index (χ1v) is 5.68. The van der Waals surface area contributed by atoms with Crippen molar-refractivity contribution in [2.75, 3.05) is 0 Å². The van der Waals surface area contributed by atoms with Gasteiger partial charge in [0.2, 0.25) is 5.76 Å². The number of rotatable bonds is 3. The fraction of sp³-hybridized carbons (Fsp3) is 0.143. The highest BCUT2D eigenvalue weighted by atomic mass is 16.5. The van der Waals surface area contributed by atoms with Crippen molar-refractivity contribution in [1.29, 1.82) is 5.26 Å². The second-order valence-electron chi connectivity index (χ2n) is 4.02. The van der Waals surface area contributed by atoms with Crippen LogP contribution in [0.3, 0.4) is 0 Å². The van der Waals surface area contributed by atoms with Gasteiger partial charge in [0, 0.05) is 5.56 Å². The Labute approximate surface area is 112 Å². The van der Waals surface area contributed by atoms with Crippen LogP contribution >= 0.6 is 0 Å². The standard InChI is InChI=1S/C14H11BN2O2/c1-9-10(2)17-19-13(9)14(18-15)12(8-16)11-6-4-3-5-7-11/h3-7H,1-2H3. The van der Waals surface area contributed by atoms with E-state index in [1.807, 2.05) is 32.0 Å². The molecular weight excluding hydrogens is 239 g/mol. The zero-order valence-electron chi connectivity index (χ0n) is 10.7. The molecule has 2 rings (SSSR count). The fourth-order valence-corrected chi connectivity index (χ4v) is 1.70. The van der Waals surface area contributed by atoms with Crippen molar-refractivity contribution < 1.29 is 9.18 Å². The maximum absolute atomic E-state index is 9.33. The highest BCUT2D eigenvalue weighted by Crippen LogP contribution is 2.29. The first kappa shape index (κ1) is 13.0. The van der Waals surface area contributed by atoms with E-state index in [4.69, 9.17) is 17.2 Å². The largest absolute Gasteiger partial charge is 0.564 e. The highest BCUT2D eigenvalue weighted by molar-refractivity contribution is 6.06. The molecule has 0 atom stereocenters. The van der Waals surface area contributed by atoms with Crippen molar-refractivity contribution in [2.45, 2.75) is 13.8 Å².